The highest BCUT2D eigenvalue weighted by atomic mass is 32.2. The molecule has 8 heteroatoms. The van der Waals surface area contributed by atoms with Crippen molar-refractivity contribution in [2.75, 3.05) is 19.8 Å². The van der Waals surface area contributed by atoms with Crippen molar-refractivity contribution in [1.82, 2.24) is 10.2 Å². The molecule has 0 aromatic carbocycles. The number of thioether (sulfide) groups is 1. The Hall–Kier alpha value is -1.28. The van der Waals surface area contributed by atoms with E-state index in [1.807, 2.05) is 6.92 Å². The molecule has 3 aliphatic heterocycles. The molecule has 3 fully saturated rings. The fraction of sp³-hybridized carbons (Fsp3) is 0.870. The second-order valence-corrected chi connectivity index (χ2v) is 10.9. The van der Waals surface area contributed by atoms with E-state index in [1.54, 1.807) is 23.6 Å². The third kappa shape index (κ3) is 4.22. The fourth-order valence-electron chi connectivity index (χ4n) is 5.96. The molecule has 0 aliphatic carbocycles. The summed E-state index contributed by atoms with van der Waals surface area (Å²) in [5, 5.41) is 12.3. The number of carbonyl (C=O) groups excluding carboxylic acids is 3. The van der Waals surface area contributed by atoms with Crippen molar-refractivity contribution in [3.63, 3.8) is 0 Å². The summed E-state index contributed by atoms with van der Waals surface area (Å²) in [5.41, 5.74) is 0. The van der Waals surface area contributed by atoms with Crippen LogP contribution in [0.2, 0.25) is 0 Å². The summed E-state index contributed by atoms with van der Waals surface area (Å²) in [5.74, 6) is -1.27. The van der Waals surface area contributed by atoms with E-state index in [1.165, 1.54) is 0 Å². The van der Waals surface area contributed by atoms with E-state index in [4.69, 9.17) is 9.84 Å². The van der Waals surface area contributed by atoms with Gasteiger partial charge in [0.15, 0.2) is 0 Å². The molecule has 176 valence electrons. The highest BCUT2D eigenvalue weighted by Crippen LogP contribution is 2.68. The molecule has 0 radical (unpaired) electrons. The van der Waals surface area contributed by atoms with Crippen LogP contribution in [0.4, 0.5) is 0 Å². The first-order valence-electron chi connectivity index (χ1n) is 11.9. The molecule has 7 atom stereocenters. The molecule has 0 saturated carbocycles. The number of fused-ring (bicyclic) bond motifs is 1. The van der Waals surface area contributed by atoms with Gasteiger partial charge in [0.2, 0.25) is 11.8 Å². The zero-order chi connectivity index (χ0) is 22.8. The molecule has 1 spiro atoms. The minimum Gasteiger partial charge on any atom is -0.466 e. The highest BCUT2D eigenvalue weighted by Gasteiger charge is 2.76. The van der Waals surface area contributed by atoms with Crippen LogP contribution in [0.15, 0.2) is 0 Å². The number of hydrogen-bond donors (Lipinski definition) is 2. The number of amides is 2. The van der Waals surface area contributed by atoms with E-state index < -0.39 is 22.6 Å². The van der Waals surface area contributed by atoms with E-state index in [0.717, 1.165) is 32.1 Å². The van der Waals surface area contributed by atoms with E-state index in [0.29, 0.717) is 19.6 Å². The second kappa shape index (κ2) is 10.1. The quantitative estimate of drug-likeness (QED) is 0.368. The van der Waals surface area contributed by atoms with Gasteiger partial charge in [0.05, 0.1) is 23.2 Å². The summed E-state index contributed by atoms with van der Waals surface area (Å²) in [6.07, 6.45) is 4.89. The fourth-order valence-corrected chi connectivity index (χ4v) is 8.37. The van der Waals surface area contributed by atoms with Crippen molar-refractivity contribution in [2.24, 2.45) is 17.8 Å². The van der Waals surface area contributed by atoms with Crippen LogP contribution in [-0.4, -0.2) is 69.6 Å². The van der Waals surface area contributed by atoms with Crippen LogP contribution >= 0.6 is 11.8 Å². The molecule has 3 heterocycles. The van der Waals surface area contributed by atoms with Gasteiger partial charge in [-0.15, -0.1) is 11.8 Å². The Morgan fingerprint density at radius 3 is 2.71 bits per heavy atom. The number of ether oxygens (including phenoxy) is 1. The highest BCUT2D eigenvalue weighted by molar-refractivity contribution is 8.02. The largest absolute Gasteiger partial charge is 0.466 e. The number of unbranched alkanes of at least 4 members (excludes halogenated alkanes) is 2. The van der Waals surface area contributed by atoms with Gasteiger partial charge < -0.3 is 20.1 Å². The third-order valence-electron chi connectivity index (χ3n) is 7.22. The van der Waals surface area contributed by atoms with Crippen LogP contribution in [0.25, 0.3) is 0 Å². The smallest absolute Gasteiger partial charge is 0.310 e. The lowest BCUT2D eigenvalue weighted by Gasteiger charge is -2.39. The summed E-state index contributed by atoms with van der Waals surface area (Å²) in [4.78, 5) is 41.9. The van der Waals surface area contributed by atoms with Crippen LogP contribution in [0.1, 0.15) is 66.2 Å². The zero-order valence-electron chi connectivity index (χ0n) is 19.3. The molecule has 0 aromatic rings. The van der Waals surface area contributed by atoms with Gasteiger partial charge in [-0.1, -0.05) is 20.3 Å². The van der Waals surface area contributed by atoms with Crippen LogP contribution in [-0.2, 0) is 19.1 Å². The van der Waals surface area contributed by atoms with Crippen molar-refractivity contribution in [2.45, 2.75) is 88.3 Å². The summed E-state index contributed by atoms with van der Waals surface area (Å²) in [6.45, 7) is 8.89. The summed E-state index contributed by atoms with van der Waals surface area (Å²) < 4.78 is 4.78. The van der Waals surface area contributed by atoms with Crippen molar-refractivity contribution < 1.29 is 24.2 Å². The molecule has 7 nitrogen and oxygen atoms in total. The Morgan fingerprint density at radius 2 is 2.06 bits per heavy atom. The van der Waals surface area contributed by atoms with E-state index >= 15 is 0 Å². The molecule has 4 unspecified atom stereocenters. The zero-order valence-corrected chi connectivity index (χ0v) is 20.1. The third-order valence-corrected chi connectivity index (χ3v) is 9.30. The maximum absolute atomic E-state index is 13.7. The molecule has 3 rings (SSSR count). The van der Waals surface area contributed by atoms with Gasteiger partial charge in [-0.2, -0.15) is 0 Å². The molecular weight excluding hydrogens is 416 g/mol. The van der Waals surface area contributed by atoms with Gasteiger partial charge in [-0.3, -0.25) is 14.4 Å². The van der Waals surface area contributed by atoms with E-state index in [9.17, 15) is 14.4 Å². The standard InChI is InChI=1S/C23H38N2O5S/c1-5-10-15(4)24-20(27)19-23-14(3)13-16(31-23)17(22(29)30-6-2)18(23)21(28)25(19)11-8-7-9-12-26/h14-19,26H,5-13H2,1-4H3,(H,24,27)/t14?,15?,16-,17+,18-,19?,23?/m0/s1. The number of hydrogen-bond acceptors (Lipinski definition) is 6. The normalized spacial score (nSPS) is 34.7. The van der Waals surface area contributed by atoms with Crippen LogP contribution in [0.5, 0.6) is 0 Å². The number of aliphatic hydroxyl groups is 1. The van der Waals surface area contributed by atoms with Gasteiger partial charge in [0, 0.05) is 24.4 Å². The lowest BCUT2D eigenvalue weighted by atomic mass is 9.66. The van der Waals surface area contributed by atoms with E-state index in [2.05, 4.69) is 19.2 Å². The average Bonchev–Trinajstić information content (AvgIpc) is 3.29. The molecule has 2 amide bonds. The molecular formula is C23H38N2O5S. The van der Waals surface area contributed by atoms with Gasteiger partial charge >= 0.3 is 5.97 Å². The number of likely N-dealkylation sites (tertiary alicyclic amines) is 1. The molecule has 31 heavy (non-hydrogen) atoms. The van der Waals surface area contributed by atoms with Crippen LogP contribution in [0, 0.1) is 17.8 Å². The number of nitrogens with one attached hydrogen (secondary N) is 1. The predicted molar refractivity (Wildman–Crippen MR) is 120 cm³/mol. The Morgan fingerprint density at radius 1 is 1.32 bits per heavy atom. The molecule has 2 bridgehead atoms. The molecule has 3 saturated heterocycles. The van der Waals surface area contributed by atoms with Crippen molar-refractivity contribution in [3.05, 3.63) is 0 Å². The first kappa shape index (κ1) is 24.4. The number of rotatable bonds is 11. The van der Waals surface area contributed by atoms with Crippen LogP contribution < -0.4 is 5.32 Å². The Balaban J connectivity index is 1.93. The summed E-state index contributed by atoms with van der Waals surface area (Å²) in [7, 11) is 0. The van der Waals surface area contributed by atoms with Gasteiger partial charge in [0.25, 0.3) is 0 Å². The minimum atomic E-state index is -0.577. The second-order valence-electron chi connectivity index (χ2n) is 9.32. The predicted octanol–water partition coefficient (Wildman–Crippen LogP) is 2.35. The summed E-state index contributed by atoms with van der Waals surface area (Å²) in [6, 6.07) is -0.526. The average molecular weight is 455 g/mol. The monoisotopic (exact) mass is 454 g/mol. The topological polar surface area (TPSA) is 95.9 Å². The van der Waals surface area contributed by atoms with Gasteiger partial charge in [-0.05, 0) is 51.9 Å². The number of nitrogens with zero attached hydrogens (tertiary/aromatic N) is 1. The first-order valence-corrected chi connectivity index (χ1v) is 12.8. The maximum Gasteiger partial charge on any atom is 0.310 e. The van der Waals surface area contributed by atoms with Crippen molar-refractivity contribution >= 4 is 29.5 Å². The molecule has 0 aromatic heterocycles. The number of esters is 1. The maximum atomic E-state index is 13.7. The minimum absolute atomic E-state index is 0.0305. The van der Waals surface area contributed by atoms with Gasteiger partial charge in [0.1, 0.15) is 6.04 Å². The first-order chi connectivity index (χ1) is 14.8. The Labute approximate surface area is 190 Å². The van der Waals surface area contributed by atoms with Crippen LogP contribution in [0.3, 0.4) is 0 Å². The summed E-state index contributed by atoms with van der Waals surface area (Å²) >= 11 is 1.68. The Bertz CT molecular complexity index is 689. The van der Waals surface area contributed by atoms with Crippen molar-refractivity contribution in [1.29, 1.82) is 0 Å². The van der Waals surface area contributed by atoms with Gasteiger partial charge in [-0.25, -0.2) is 0 Å². The Kier molecular flexibility index (Phi) is 7.95. The SMILES string of the molecule is CCCC(C)NC(=O)C1N(CCCCCO)C(=O)[C@@H]2[C@H](C(=O)OCC)[C@@H]3CC(C)C12S3. The lowest BCUT2D eigenvalue weighted by molar-refractivity contribution is -0.154. The van der Waals surface area contributed by atoms with Crippen molar-refractivity contribution in [3.8, 4) is 0 Å². The molecule has 3 aliphatic rings. The number of carbonyl (C=O) groups is 3. The lowest BCUT2D eigenvalue weighted by Crippen LogP contribution is -2.57. The van der Waals surface area contributed by atoms with E-state index in [-0.39, 0.29) is 41.6 Å². The number of aliphatic hydroxyl groups excluding tert-OH is 1. The molecule has 2 N–H and O–H groups in total.